The topological polar surface area (TPSA) is 105 Å². The van der Waals surface area contributed by atoms with E-state index in [9.17, 15) is 16.8 Å². The molecule has 0 saturated heterocycles. The molecule has 0 aliphatic carbocycles. The van der Waals surface area contributed by atoms with E-state index in [4.69, 9.17) is 5.53 Å². The predicted molar refractivity (Wildman–Crippen MR) is 94.6 cm³/mol. The quantitative estimate of drug-likeness (QED) is 0.353. The molecule has 6 nitrogen and oxygen atoms in total. The summed E-state index contributed by atoms with van der Waals surface area (Å²) in [5, 5.41) is 0. The van der Waals surface area contributed by atoms with Crippen molar-refractivity contribution in [2.24, 2.45) is 0 Å². The van der Waals surface area contributed by atoms with Gasteiger partial charge in [-0.1, -0.05) is 38.1 Å². The highest BCUT2D eigenvalue weighted by atomic mass is 32.3. The van der Waals surface area contributed by atoms with Gasteiger partial charge < -0.3 is 5.53 Å². The molecule has 0 heterocycles. The molecule has 132 valence electrons. The third kappa shape index (κ3) is 3.71. The van der Waals surface area contributed by atoms with Gasteiger partial charge in [-0.2, -0.15) is 0 Å². The predicted octanol–water partition coefficient (Wildman–Crippen LogP) is 2.64. The Hall–Kier alpha value is -2.28. The van der Waals surface area contributed by atoms with Gasteiger partial charge in [-0.25, -0.2) is 16.8 Å². The van der Waals surface area contributed by atoms with Crippen LogP contribution in [0.25, 0.3) is 5.53 Å². The van der Waals surface area contributed by atoms with Crippen molar-refractivity contribution < 1.29 is 21.6 Å². The molecule has 0 N–H and O–H groups in total. The maximum Gasteiger partial charge on any atom is 0.504 e. The molecular weight excluding hydrogens is 360 g/mol. The lowest BCUT2D eigenvalue weighted by Crippen LogP contribution is -2.26. The highest BCUT2D eigenvalue weighted by Gasteiger charge is 2.43. The molecule has 2 rings (SSSR count). The molecule has 0 saturated carbocycles. The Labute approximate surface area is 147 Å². The molecule has 0 aromatic heterocycles. The lowest BCUT2D eigenvalue weighted by molar-refractivity contribution is 0.00380. The van der Waals surface area contributed by atoms with Crippen LogP contribution in [-0.4, -0.2) is 26.0 Å². The third-order valence-corrected chi connectivity index (χ3v) is 8.01. The van der Waals surface area contributed by atoms with E-state index in [0.717, 1.165) is 11.1 Å². The molecule has 0 amide bonds. The van der Waals surface area contributed by atoms with E-state index >= 15 is 0 Å². The number of sulfone groups is 2. The zero-order valence-electron chi connectivity index (χ0n) is 13.9. The van der Waals surface area contributed by atoms with Crippen molar-refractivity contribution in [2.45, 2.75) is 36.5 Å². The fourth-order valence-electron chi connectivity index (χ4n) is 2.26. The van der Waals surface area contributed by atoms with E-state index in [-0.39, 0.29) is 9.79 Å². The summed E-state index contributed by atoms with van der Waals surface area (Å²) < 4.78 is 49.3. The van der Waals surface area contributed by atoms with Gasteiger partial charge in [0.1, 0.15) is 0 Å². The maximum atomic E-state index is 12.6. The Bertz CT molecular complexity index is 938. The van der Waals surface area contributed by atoms with Crippen molar-refractivity contribution in [1.29, 1.82) is 0 Å². The first-order valence-corrected chi connectivity index (χ1v) is 10.6. The van der Waals surface area contributed by atoms with Gasteiger partial charge in [0.2, 0.25) is 0 Å². The summed E-state index contributed by atoms with van der Waals surface area (Å²) in [6.45, 7) is 3.82. The zero-order valence-corrected chi connectivity index (χ0v) is 15.5. The molecule has 0 fully saturated rings. The molecule has 0 aliphatic rings. The summed E-state index contributed by atoms with van der Waals surface area (Å²) in [5.74, 6) is 0. The fourth-order valence-corrected chi connectivity index (χ4v) is 5.60. The Balaban J connectivity index is 2.54. The highest BCUT2D eigenvalue weighted by molar-refractivity contribution is 8.31. The van der Waals surface area contributed by atoms with Crippen LogP contribution in [-0.2, 0) is 32.5 Å². The first-order chi connectivity index (χ1) is 11.8. The molecule has 0 spiro atoms. The van der Waals surface area contributed by atoms with Gasteiger partial charge in [0, 0.05) is 0 Å². The van der Waals surface area contributed by atoms with Gasteiger partial charge in [0.05, 0.1) is 9.79 Å². The lowest BCUT2D eigenvalue weighted by Gasteiger charge is -2.04. The first-order valence-electron chi connectivity index (χ1n) is 7.67. The van der Waals surface area contributed by atoms with Crippen LogP contribution in [0.15, 0.2) is 58.3 Å². The minimum atomic E-state index is -4.49. The van der Waals surface area contributed by atoms with Gasteiger partial charge in [-0.3, -0.25) is 0 Å². The smallest absolute Gasteiger partial charge is 0.359 e. The van der Waals surface area contributed by atoms with E-state index in [2.05, 4.69) is 4.79 Å². The monoisotopic (exact) mass is 378 g/mol. The minimum absolute atomic E-state index is 0.244. The minimum Gasteiger partial charge on any atom is -0.359 e. The second-order valence-electron chi connectivity index (χ2n) is 5.37. The van der Waals surface area contributed by atoms with Crippen molar-refractivity contribution in [1.82, 2.24) is 0 Å². The highest BCUT2D eigenvalue weighted by Crippen LogP contribution is 2.21. The molecule has 0 aliphatic heterocycles. The second kappa shape index (κ2) is 7.31. The molecule has 0 radical (unpaired) electrons. The molecule has 25 heavy (non-hydrogen) atoms. The molecule has 0 bridgehead atoms. The van der Waals surface area contributed by atoms with Gasteiger partial charge in [0.15, 0.2) is 0 Å². The van der Waals surface area contributed by atoms with Crippen LogP contribution in [0.4, 0.5) is 0 Å². The van der Waals surface area contributed by atoms with Crippen LogP contribution >= 0.6 is 0 Å². The van der Waals surface area contributed by atoms with Crippen molar-refractivity contribution in [3.05, 3.63) is 65.2 Å². The van der Waals surface area contributed by atoms with Crippen molar-refractivity contribution >= 4 is 24.1 Å². The van der Waals surface area contributed by atoms with E-state index in [1.54, 1.807) is 24.3 Å². The Morgan fingerprint density at radius 2 is 1.08 bits per heavy atom. The third-order valence-electron chi connectivity index (χ3n) is 3.83. The number of benzene rings is 2. The van der Waals surface area contributed by atoms with Crippen molar-refractivity contribution in [3.8, 4) is 0 Å². The van der Waals surface area contributed by atoms with Crippen LogP contribution in [0.3, 0.4) is 0 Å². The van der Waals surface area contributed by atoms with Crippen LogP contribution in [0, 0.1) is 0 Å². The van der Waals surface area contributed by atoms with Crippen LogP contribution in [0.1, 0.15) is 25.0 Å². The average Bonchev–Trinajstić information content (AvgIpc) is 2.62. The summed E-state index contributed by atoms with van der Waals surface area (Å²) in [5.41, 5.74) is 11.0. The van der Waals surface area contributed by atoms with E-state index in [1.807, 2.05) is 13.8 Å². The maximum absolute atomic E-state index is 12.6. The molecular formula is C17H18N2O4S2. The van der Waals surface area contributed by atoms with E-state index in [0.29, 0.717) is 12.8 Å². The molecule has 2 aromatic carbocycles. The Morgan fingerprint density at radius 3 is 1.32 bits per heavy atom. The standard InChI is InChI=1S/C17H18N2O4S2/c1-3-13-5-9-15(10-6-13)24(20,21)17(19-18)25(22,23)16-11-7-14(4-2)8-12-16/h5-12H,3-4H2,1-2H3. The summed E-state index contributed by atoms with van der Waals surface area (Å²) >= 11 is 0. The second-order valence-corrected chi connectivity index (χ2v) is 9.36. The Kier molecular flexibility index (Phi) is 5.57. The van der Waals surface area contributed by atoms with E-state index < -0.39 is 24.1 Å². The number of nitrogens with zero attached hydrogens (tertiary/aromatic N) is 2. The number of aryl methyl sites for hydroxylation is 2. The zero-order chi connectivity index (χ0) is 18.7. The fraction of sp³-hybridized carbons (Fsp3) is 0.235. The summed E-state index contributed by atoms with van der Waals surface area (Å²) in [7, 11) is -8.97. The summed E-state index contributed by atoms with van der Waals surface area (Å²) in [6.07, 6.45) is 1.42. The normalized spacial score (nSPS) is 11.8. The summed E-state index contributed by atoms with van der Waals surface area (Å²) in [6, 6.07) is 11.6. The van der Waals surface area contributed by atoms with Gasteiger partial charge in [0.25, 0.3) is 19.7 Å². The molecule has 0 atom stereocenters. The Morgan fingerprint density at radius 1 is 0.760 bits per heavy atom. The average molecular weight is 378 g/mol. The van der Waals surface area contributed by atoms with Crippen LogP contribution in [0.5, 0.6) is 0 Å². The SMILES string of the molecule is CCc1ccc(S(=O)(=O)C(=[N+]=[N-])S(=O)(=O)c2ccc(CC)cc2)cc1. The van der Waals surface area contributed by atoms with Gasteiger partial charge in [-0.05, 0) is 48.2 Å². The number of hydrogen-bond acceptors (Lipinski definition) is 4. The number of rotatable bonds is 4. The van der Waals surface area contributed by atoms with Crippen molar-refractivity contribution in [3.63, 3.8) is 0 Å². The van der Waals surface area contributed by atoms with E-state index in [1.165, 1.54) is 24.3 Å². The summed E-state index contributed by atoms with van der Waals surface area (Å²) in [4.78, 5) is 2.12. The van der Waals surface area contributed by atoms with Crippen LogP contribution < -0.4 is 0 Å². The van der Waals surface area contributed by atoms with Crippen LogP contribution in [0.2, 0.25) is 0 Å². The number of hydrogen-bond donors (Lipinski definition) is 0. The molecule has 0 unspecified atom stereocenters. The molecule has 2 aromatic rings. The lowest BCUT2D eigenvalue weighted by atomic mass is 10.2. The van der Waals surface area contributed by atoms with Gasteiger partial charge >= 0.3 is 4.38 Å². The van der Waals surface area contributed by atoms with Gasteiger partial charge in [-0.15, -0.1) is 4.79 Å². The first kappa shape index (κ1) is 19.1. The van der Waals surface area contributed by atoms with Crippen molar-refractivity contribution in [2.75, 3.05) is 0 Å². The molecule has 8 heteroatoms. The largest absolute Gasteiger partial charge is 0.504 e.